The van der Waals surface area contributed by atoms with Gasteiger partial charge in [-0.3, -0.25) is 4.79 Å². The Morgan fingerprint density at radius 3 is 2.23 bits per heavy atom. The van der Waals surface area contributed by atoms with Crippen LogP contribution in [0.15, 0.2) is 48.5 Å². The van der Waals surface area contributed by atoms with E-state index in [0.29, 0.717) is 17.9 Å². The monoisotopic (exact) mass is 357 g/mol. The number of aliphatic carboxylic acids is 1. The van der Waals surface area contributed by atoms with Crippen LogP contribution >= 0.6 is 0 Å². The molecule has 6 heteroatoms. The summed E-state index contributed by atoms with van der Waals surface area (Å²) in [7, 11) is 0. The second-order valence-corrected chi connectivity index (χ2v) is 6.47. The van der Waals surface area contributed by atoms with Gasteiger partial charge in [0, 0.05) is 12.1 Å². The highest BCUT2D eigenvalue weighted by atomic mass is 16.5. The Labute approximate surface area is 152 Å². The van der Waals surface area contributed by atoms with Crippen LogP contribution in [0.5, 0.6) is 11.5 Å². The zero-order valence-corrected chi connectivity index (χ0v) is 14.9. The summed E-state index contributed by atoms with van der Waals surface area (Å²) in [5.41, 5.74) is 0.301. The summed E-state index contributed by atoms with van der Waals surface area (Å²) in [5, 5.41) is 21.1. The highest BCUT2D eigenvalue weighted by Gasteiger charge is 2.29. The minimum Gasteiger partial charge on any atom is -0.508 e. The Bertz CT molecular complexity index is 751. The van der Waals surface area contributed by atoms with Gasteiger partial charge in [0.05, 0.1) is 0 Å². The largest absolute Gasteiger partial charge is 0.508 e. The number of rotatable bonds is 8. The number of carbonyl (C=O) groups excluding carboxylic acids is 1. The van der Waals surface area contributed by atoms with Gasteiger partial charge in [-0.05, 0) is 68.7 Å². The summed E-state index contributed by atoms with van der Waals surface area (Å²) in [6.45, 7) is 3.53. The molecule has 0 aliphatic carbocycles. The molecule has 0 heterocycles. The Kier molecular flexibility index (Phi) is 6.22. The molecule has 0 aromatic heterocycles. The van der Waals surface area contributed by atoms with Crippen LogP contribution in [0.25, 0.3) is 0 Å². The van der Waals surface area contributed by atoms with Gasteiger partial charge in [-0.2, -0.15) is 0 Å². The smallest absolute Gasteiger partial charge is 0.347 e. The van der Waals surface area contributed by atoms with Crippen LogP contribution in [0.2, 0.25) is 0 Å². The standard InChI is InChI=1S/C20H23NO5/c1-20(2,19(24)25)26-17-11-5-14(6-12-17)4-3-13-21-18(23)15-7-9-16(22)10-8-15/h5-12,22H,3-4,13H2,1-2H3,(H,21,23)(H,24,25). The van der Waals surface area contributed by atoms with E-state index in [1.165, 1.54) is 26.0 Å². The molecule has 2 aromatic rings. The molecule has 0 aliphatic heterocycles. The normalized spacial score (nSPS) is 11.0. The predicted molar refractivity (Wildman–Crippen MR) is 97.5 cm³/mol. The molecule has 6 nitrogen and oxygen atoms in total. The maximum Gasteiger partial charge on any atom is 0.347 e. The number of amides is 1. The molecule has 1 amide bonds. The van der Waals surface area contributed by atoms with E-state index >= 15 is 0 Å². The summed E-state index contributed by atoms with van der Waals surface area (Å²) in [5.74, 6) is -0.571. The molecule has 0 fully saturated rings. The first-order chi connectivity index (χ1) is 12.3. The third-order valence-electron chi connectivity index (χ3n) is 3.87. The second kappa shape index (κ2) is 8.38. The molecular weight excluding hydrogens is 334 g/mol. The molecule has 138 valence electrons. The number of hydrogen-bond acceptors (Lipinski definition) is 4. The first-order valence-electron chi connectivity index (χ1n) is 8.36. The second-order valence-electron chi connectivity index (χ2n) is 6.47. The summed E-state index contributed by atoms with van der Waals surface area (Å²) >= 11 is 0. The van der Waals surface area contributed by atoms with Gasteiger partial charge in [-0.15, -0.1) is 0 Å². The van der Waals surface area contributed by atoms with E-state index in [4.69, 9.17) is 9.84 Å². The molecule has 0 atom stereocenters. The zero-order chi connectivity index (χ0) is 19.2. The highest BCUT2D eigenvalue weighted by Crippen LogP contribution is 2.19. The van der Waals surface area contributed by atoms with Crippen LogP contribution in [0.3, 0.4) is 0 Å². The van der Waals surface area contributed by atoms with Gasteiger partial charge in [-0.25, -0.2) is 4.79 Å². The van der Waals surface area contributed by atoms with Crippen molar-refractivity contribution in [3.05, 3.63) is 59.7 Å². The quantitative estimate of drug-likeness (QED) is 0.631. The summed E-state index contributed by atoms with van der Waals surface area (Å²) in [4.78, 5) is 23.0. The lowest BCUT2D eigenvalue weighted by Gasteiger charge is -2.21. The van der Waals surface area contributed by atoms with Crippen molar-refractivity contribution in [2.75, 3.05) is 6.54 Å². The first-order valence-corrected chi connectivity index (χ1v) is 8.36. The van der Waals surface area contributed by atoms with Crippen molar-refractivity contribution in [2.45, 2.75) is 32.3 Å². The van der Waals surface area contributed by atoms with Crippen LogP contribution in [0.4, 0.5) is 0 Å². The average Bonchev–Trinajstić information content (AvgIpc) is 2.60. The number of ether oxygens (including phenoxy) is 1. The van der Waals surface area contributed by atoms with Crippen molar-refractivity contribution in [1.29, 1.82) is 0 Å². The fourth-order valence-electron chi connectivity index (χ4n) is 2.27. The molecule has 0 unspecified atom stereocenters. The molecule has 3 N–H and O–H groups in total. The van der Waals surface area contributed by atoms with Gasteiger partial charge in [0.1, 0.15) is 11.5 Å². The van der Waals surface area contributed by atoms with Crippen LogP contribution in [-0.2, 0) is 11.2 Å². The van der Waals surface area contributed by atoms with Crippen molar-refractivity contribution in [1.82, 2.24) is 5.32 Å². The topological polar surface area (TPSA) is 95.9 Å². The van der Waals surface area contributed by atoms with Gasteiger partial charge < -0.3 is 20.3 Å². The summed E-state index contributed by atoms with van der Waals surface area (Å²) < 4.78 is 5.46. The zero-order valence-electron chi connectivity index (χ0n) is 14.9. The van der Waals surface area contributed by atoms with E-state index in [1.54, 1.807) is 24.3 Å². The molecule has 0 radical (unpaired) electrons. The van der Waals surface area contributed by atoms with E-state index in [2.05, 4.69) is 5.32 Å². The first kappa shape index (κ1) is 19.3. The fraction of sp³-hybridized carbons (Fsp3) is 0.300. The van der Waals surface area contributed by atoms with Crippen LogP contribution < -0.4 is 10.1 Å². The number of phenols is 1. The van der Waals surface area contributed by atoms with Crippen LogP contribution in [0.1, 0.15) is 36.2 Å². The number of hydrogen-bond donors (Lipinski definition) is 3. The van der Waals surface area contributed by atoms with Crippen molar-refractivity contribution >= 4 is 11.9 Å². The number of phenolic OH excluding ortho intramolecular Hbond substituents is 1. The van der Waals surface area contributed by atoms with E-state index < -0.39 is 11.6 Å². The van der Waals surface area contributed by atoms with Gasteiger partial charge in [0.25, 0.3) is 5.91 Å². The third-order valence-corrected chi connectivity index (χ3v) is 3.87. The fourth-order valence-corrected chi connectivity index (χ4v) is 2.27. The molecule has 0 saturated heterocycles. The summed E-state index contributed by atoms with van der Waals surface area (Å²) in [6.07, 6.45) is 1.54. The summed E-state index contributed by atoms with van der Waals surface area (Å²) in [6, 6.07) is 13.4. The Morgan fingerprint density at radius 2 is 1.65 bits per heavy atom. The number of carboxylic acid groups (broad SMARTS) is 1. The Hall–Kier alpha value is -3.02. The molecule has 0 saturated carbocycles. The lowest BCUT2D eigenvalue weighted by molar-refractivity contribution is -0.152. The van der Waals surface area contributed by atoms with Gasteiger partial charge in [0.2, 0.25) is 0 Å². The molecule has 2 rings (SSSR count). The molecule has 0 bridgehead atoms. The van der Waals surface area contributed by atoms with Crippen molar-refractivity contribution in [3.63, 3.8) is 0 Å². The van der Waals surface area contributed by atoms with E-state index in [-0.39, 0.29) is 11.7 Å². The maximum absolute atomic E-state index is 11.9. The predicted octanol–water partition coefficient (Wildman–Crippen LogP) is 3.00. The van der Waals surface area contributed by atoms with Crippen molar-refractivity contribution < 1.29 is 24.5 Å². The number of carboxylic acids is 1. The molecule has 0 spiro atoms. The van der Waals surface area contributed by atoms with Crippen LogP contribution in [-0.4, -0.2) is 34.2 Å². The number of aryl methyl sites for hydroxylation is 1. The maximum atomic E-state index is 11.9. The minimum absolute atomic E-state index is 0.126. The molecule has 0 aliphatic rings. The highest BCUT2D eigenvalue weighted by molar-refractivity contribution is 5.94. The van der Waals surface area contributed by atoms with E-state index in [0.717, 1.165) is 18.4 Å². The average molecular weight is 357 g/mol. The van der Waals surface area contributed by atoms with Gasteiger partial charge >= 0.3 is 5.97 Å². The van der Waals surface area contributed by atoms with E-state index in [9.17, 15) is 14.7 Å². The third kappa shape index (κ3) is 5.51. The van der Waals surface area contributed by atoms with E-state index in [1.807, 2.05) is 12.1 Å². The van der Waals surface area contributed by atoms with Crippen molar-refractivity contribution in [3.8, 4) is 11.5 Å². The van der Waals surface area contributed by atoms with Crippen LogP contribution in [0, 0.1) is 0 Å². The lowest BCUT2D eigenvalue weighted by atomic mass is 10.1. The molecule has 26 heavy (non-hydrogen) atoms. The van der Waals surface area contributed by atoms with Gasteiger partial charge in [0.15, 0.2) is 5.60 Å². The Balaban J connectivity index is 1.77. The molecule has 2 aromatic carbocycles. The molecular formula is C20H23NO5. The lowest BCUT2D eigenvalue weighted by Crippen LogP contribution is -2.37. The minimum atomic E-state index is -1.28. The number of aromatic hydroxyl groups is 1. The van der Waals surface area contributed by atoms with Crippen molar-refractivity contribution in [2.24, 2.45) is 0 Å². The Morgan fingerprint density at radius 1 is 1.04 bits per heavy atom. The number of benzene rings is 2. The van der Waals surface area contributed by atoms with Gasteiger partial charge in [-0.1, -0.05) is 12.1 Å². The number of carbonyl (C=O) groups is 2. The SMILES string of the molecule is CC(C)(Oc1ccc(CCCNC(=O)c2ccc(O)cc2)cc1)C(=O)O. The number of nitrogens with one attached hydrogen (secondary N) is 1.